The molecule has 2 aromatic rings. The summed E-state index contributed by atoms with van der Waals surface area (Å²) in [4.78, 5) is 11.4. The number of hydrogen-bond acceptors (Lipinski definition) is 1. The van der Waals surface area contributed by atoms with Crippen molar-refractivity contribution in [3.05, 3.63) is 51.2 Å². The molecular formula is C11H6F6N2O. The van der Waals surface area contributed by atoms with Crippen molar-refractivity contribution < 1.29 is 26.3 Å². The molecule has 108 valence electrons. The second kappa shape index (κ2) is 4.43. The first kappa shape index (κ1) is 14.2. The van der Waals surface area contributed by atoms with Gasteiger partial charge in [-0.1, -0.05) is 0 Å². The lowest BCUT2D eigenvalue weighted by atomic mass is 10.1. The third kappa shape index (κ3) is 2.19. The molecule has 1 heterocycles. The van der Waals surface area contributed by atoms with Crippen LogP contribution in [0, 0.1) is 24.4 Å². The molecule has 0 aliphatic rings. The van der Waals surface area contributed by atoms with Gasteiger partial charge in [0.1, 0.15) is 5.69 Å². The number of nitrogens with one attached hydrogen (secondary N) is 1. The third-order valence-electron chi connectivity index (χ3n) is 2.65. The molecule has 3 nitrogen and oxygen atoms in total. The Balaban J connectivity index is 2.70. The van der Waals surface area contributed by atoms with Gasteiger partial charge in [-0.15, -0.1) is 0 Å². The van der Waals surface area contributed by atoms with E-state index in [4.69, 9.17) is 0 Å². The Morgan fingerprint density at radius 1 is 1.10 bits per heavy atom. The van der Waals surface area contributed by atoms with Crippen LogP contribution in [-0.4, -0.2) is 9.78 Å². The fraction of sp³-hybridized carbons (Fsp3) is 0.182. The van der Waals surface area contributed by atoms with Crippen LogP contribution in [0.3, 0.4) is 0 Å². The topological polar surface area (TPSA) is 37.8 Å². The number of hydrogen-bond donors (Lipinski definition) is 1. The van der Waals surface area contributed by atoms with E-state index in [0.29, 0.717) is 10.7 Å². The second-order valence-corrected chi connectivity index (χ2v) is 3.97. The van der Waals surface area contributed by atoms with Crippen molar-refractivity contribution in [3.8, 4) is 5.69 Å². The number of alkyl halides is 3. The lowest BCUT2D eigenvalue weighted by Crippen LogP contribution is -2.16. The summed E-state index contributed by atoms with van der Waals surface area (Å²) in [6.45, 7) is 1.01. The average Bonchev–Trinajstić information content (AvgIpc) is 2.73. The molecule has 2 rings (SSSR count). The monoisotopic (exact) mass is 296 g/mol. The predicted molar refractivity (Wildman–Crippen MR) is 56.0 cm³/mol. The van der Waals surface area contributed by atoms with Crippen LogP contribution >= 0.6 is 0 Å². The number of H-pyrrole nitrogens is 1. The molecular weight excluding hydrogens is 290 g/mol. The van der Waals surface area contributed by atoms with Crippen molar-refractivity contribution in [2.45, 2.75) is 13.1 Å². The Kier molecular flexibility index (Phi) is 3.15. The highest BCUT2D eigenvalue weighted by molar-refractivity contribution is 5.41. The predicted octanol–water partition coefficient (Wildman–Crippen LogP) is 2.91. The molecule has 20 heavy (non-hydrogen) atoms. The van der Waals surface area contributed by atoms with E-state index in [2.05, 4.69) is 0 Å². The smallest absolute Gasteiger partial charge is 0.286 e. The van der Waals surface area contributed by atoms with Gasteiger partial charge in [0.25, 0.3) is 5.56 Å². The summed E-state index contributed by atoms with van der Waals surface area (Å²) in [7, 11) is 0. The summed E-state index contributed by atoms with van der Waals surface area (Å²) < 4.78 is 77.0. The van der Waals surface area contributed by atoms with Crippen LogP contribution in [0.25, 0.3) is 5.69 Å². The van der Waals surface area contributed by atoms with E-state index in [-0.39, 0.29) is 6.07 Å². The molecule has 0 spiro atoms. The van der Waals surface area contributed by atoms with Crippen LogP contribution in [-0.2, 0) is 6.18 Å². The molecule has 0 atom stereocenters. The Labute approximate surface area is 107 Å². The lowest BCUT2D eigenvalue weighted by Gasteiger charge is -2.09. The number of nitrogens with zero attached hydrogens (tertiary/aromatic N) is 1. The lowest BCUT2D eigenvalue weighted by molar-refractivity contribution is -0.141. The van der Waals surface area contributed by atoms with Gasteiger partial charge in [-0.25, -0.2) is 17.9 Å². The minimum absolute atomic E-state index is 0.235. The number of aromatic nitrogens is 2. The first-order valence-electron chi connectivity index (χ1n) is 5.16. The second-order valence-electron chi connectivity index (χ2n) is 3.97. The molecule has 0 unspecified atom stereocenters. The van der Waals surface area contributed by atoms with E-state index >= 15 is 0 Å². The minimum atomic E-state index is -4.82. The van der Waals surface area contributed by atoms with Gasteiger partial charge in [0.05, 0.1) is 5.69 Å². The highest BCUT2D eigenvalue weighted by Crippen LogP contribution is 2.27. The number of rotatable bonds is 1. The number of benzene rings is 1. The van der Waals surface area contributed by atoms with Crippen LogP contribution < -0.4 is 5.56 Å². The summed E-state index contributed by atoms with van der Waals surface area (Å²) >= 11 is 0. The van der Waals surface area contributed by atoms with Gasteiger partial charge in [0.2, 0.25) is 0 Å². The summed E-state index contributed by atoms with van der Waals surface area (Å²) in [5, 5.41) is 1.68. The largest absolute Gasteiger partial charge is 0.432 e. The maximum Gasteiger partial charge on any atom is 0.432 e. The zero-order valence-corrected chi connectivity index (χ0v) is 9.78. The molecule has 0 fully saturated rings. The molecule has 0 amide bonds. The quantitative estimate of drug-likeness (QED) is 0.637. The molecule has 0 saturated carbocycles. The van der Waals surface area contributed by atoms with E-state index in [9.17, 15) is 31.1 Å². The summed E-state index contributed by atoms with van der Waals surface area (Å²) in [5.74, 6) is -4.95. The molecule has 0 radical (unpaired) electrons. The number of halogens is 6. The maximum atomic E-state index is 13.3. The number of aromatic amines is 1. The maximum absolute atomic E-state index is 13.3. The van der Waals surface area contributed by atoms with E-state index in [1.807, 2.05) is 0 Å². The van der Waals surface area contributed by atoms with Crippen molar-refractivity contribution in [2.75, 3.05) is 0 Å². The van der Waals surface area contributed by atoms with E-state index in [1.54, 1.807) is 5.10 Å². The normalized spacial score (nSPS) is 11.9. The van der Waals surface area contributed by atoms with Gasteiger partial charge in [0, 0.05) is 17.7 Å². The fourth-order valence-electron chi connectivity index (χ4n) is 1.63. The Morgan fingerprint density at radius 2 is 1.70 bits per heavy atom. The van der Waals surface area contributed by atoms with E-state index in [0.717, 1.165) is 6.92 Å². The van der Waals surface area contributed by atoms with Crippen LogP contribution in [0.4, 0.5) is 26.3 Å². The highest BCUT2D eigenvalue weighted by Gasteiger charge is 2.34. The van der Waals surface area contributed by atoms with Crippen molar-refractivity contribution in [1.82, 2.24) is 9.78 Å². The van der Waals surface area contributed by atoms with Crippen LogP contribution in [0.2, 0.25) is 0 Å². The van der Waals surface area contributed by atoms with Crippen molar-refractivity contribution in [1.29, 1.82) is 0 Å². The van der Waals surface area contributed by atoms with Gasteiger partial charge in [-0.05, 0) is 6.92 Å². The standard InChI is InChI=1S/C11H6F6N2O/c1-4-6(2-5(12)10(14)9(4)13)19-8(20)3-7(18-19)11(15,16)17/h2-3,18H,1H3. The summed E-state index contributed by atoms with van der Waals surface area (Å²) in [6, 6.07) is 0.671. The third-order valence-corrected chi connectivity index (χ3v) is 2.65. The molecule has 9 heteroatoms. The highest BCUT2D eigenvalue weighted by atomic mass is 19.4. The van der Waals surface area contributed by atoms with Gasteiger partial charge in [-0.2, -0.15) is 13.2 Å². The molecule has 1 N–H and O–H groups in total. The van der Waals surface area contributed by atoms with Crippen molar-refractivity contribution >= 4 is 0 Å². The molecule has 1 aromatic carbocycles. The summed E-state index contributed by atoms with van der Waals surface area (Å²) in [6.07, 6.45) is -4.82. The molecule has 0 saturated heterocycles. The Morgan fingerprint density at radius 3 is 2.20 bits per heavy atom. The minimum Gasteiger partial charge on any atom is -0.286 e. The van der Waals surface area contributed by atoms with Gasteiger partial charge in [0.15, 0.2) is 17.5 Å². The molecule has 0 aliphatic carbocycles. The van der Waals surface area contributed by atoms with Crippen LogP contribution in [0.5, 0.6) is 0 Å². The van der Waals surface area contributed by atoms with Gasteiger partial charge < -0.3 is 0 Å². The molecule has 1 aromatic heterocycles. The van der Waals surface area contributed by atoms with Crippen LogP contribution in [0.15, 0.2) is 16.9 Å². The van der Waals surface area contributed by atoms with E-state index < -0.39 is 46.1 Å². The Hall–Kier alpha value is -2.19. The van der Waals surface area contributed by atoms with Crippen molar-refractivity contribution in [3.63, 3.8) is 0 Å². The van der Waals surface area contributed by atoms with Gasteiger partial charge in [-0.3, -0.25) is 9.89 Å². The average molecular weight is 296 g/mol. The van der Waals surface area contributed by atoms with Crippen LogP contribution in [0.1, 0.15) is 11.3 Å². The summed E-state index contributed by atoms with van der Waals surface area (Å²) in [5.41, 5.74) is -3.60. The SMILES string of the molecule is Cc1c(-n2[nH]c(C(F)(F)F)cc2=O)cc(F)c(F)c1F. The zero-order chi connectivity index (χ0) is 15.2. The zero-order valence-electron chi connectivity index (χ0n) is 9.78. The molecule has 0 aliphatic heterocycles. The van der Waals surface area contributed by atoms with Gasteiger partial charge >= 0.3 is 6.18 Å². The molecule has 0 bridgehead atoms. The first-order chi connectivity index (χ1) is 9.12. The fourth-order valence-corrected chi connectivity index (χ4v) is 1.63. The first-order valence-corrected chi connectivity index (χ1v) is 5.16. The Bertz CT molecular complexity index is 728. The van der Waals surface area contributed by atoms with E-state index in [1.165, 1.54) is 0 Å². The van der Waals surface area contributed by atoms with Crippen molar-refractivity contribution in [2.24, 2.45) is 0 Å².